The van der Waals surface area contributed by atoms with Crippen LogP contribution in [0.1, 0.15) is 18.4 Å². The van der Waals surface area contributed by atoms with Crippen LogP contribution < -0.4 is 10.2 Å². The summed E-state index contributed by atoms with van der Waals surface area (Å²) in [6, 6.07) is 11.2. The van der Waals surface area contributed by atoms with E-state index >= 15 is 0 Å². The van der Waals surface area contributed by atoms with Crippen molar-refractivity contribution in [1.82, 2.24) is 4.98 Å². The van der Waals surface area contributed by atoms with Gasteiger partial charge in [0.15, 0.2) is 0 Å². The molecule has 1 N–H and O–H groups in total. The monoisotopic (exact) mass is 315 g/mol. The third-order valence-electron chi connectivity index (χ3n) is 3.77. The van der Waals surface area contributed by atoms with E-state index in [0.29, 0.717) is 10.7 Å². The van der Waals surface area contributed by atoms with Gasteiger partial charge in [0.25, 0.3) is 0 Å². The summed E-state index contributed by atoms with van der Waals surface area (Å²) in [7, 11) is 0. The average molecular weight is 316 g/mol. The highest BCUT2D eigenvalue weighted by Crippen LogP contribution is 2.20. The van der Waals surface area contributed by atoms with Crippen molar-refractivity contribution in [2.24, 2.45) is 0 Å². The van der Waals surface area contributed by atoms with Crippen molar-refractivity contribution in [2.45, 2.75) is 19.3 Å². The van der Waals surface area contributed by atoms with E-state index in [9.17, 15) is 4.79 Å². The lowest BCUT2D eigenvalue weighted by molar-refractivity contribution is -0.115. The van der Waals surface area contributed by atoms with Crippen molar-refractivity contribution in [3.05, 3.63) is 53.2 Å². The minimum Gasteiger partial charge on any atom is -0.357 e. The van der Waals surface area contributed by atoms with E-state index in [-0.39, 0.29) is 12.3 Å². The van der Waals surface area contributed by atoms with Crippen LogP contribution in [0.3, 0.4) is 0 Å². The first kappa shape index (κ1) is 14.9. The van der Waals surface area contributed by atoms with E-state index in [2.05, 4.69) is 15.2 Å². The molecule has 0 aliphatic carbocycles. The Balaban J connectivity index is 1.60. The molecular formula is C17H18ClN3O. The summed E-state index contributed by atoms with van der Waals surface area (Å²) < 4.78 is 0. The van der Waals surface area contributed by atoms with Crippen LogP contribution in [0.4, 0.5) is 11.5 Å². The van der Waals surface area contributed by atoms with E-state index in [1.807, 2.05) is 30.3 Å². The normalized spacial score (nSPS) is 14.1. The molecule has 0 atom stereocenters. The summed E-state index contributed by atoms with van der Waals surface area (Å²) in [6.07, 6.45) is 4.40. The maximum absolute atomic E-state index is 12.1. The number of anilines is 2. The first-order valence-corrected chi connectivity index (χ1v) is 7.84. The number of rotatable bonds is 4. The molecule has 0 saturated carbocycles. The number of amides is 1. The summed E-state index contributed by atoms with van der Waals surface area (Å²) in [5.74, 6) is 0.880. The molecule has 5 heteroatoms. The molecule has 0 radical (unpaired) electrons. The summed E-state index contributed by atoms with van der Waals surface area (Å²) in [5.41, 5.74) is 1.53. The van der Waals surface area contributed by atoms with Crippen molar-refractivity contribution in [1.29, 1.82) is 0 Å². The number of nitrogens with one attached hydrogen (secondary N) is 1. The molecule has 2 heterocycles. The zero-order valence-corrected chi connectivity index (χ0v) is 13.0. The summed E-state index contributed by atoms with van der Waals surface area (Å²) >= 11 is 6.07. The Hall–Kier alpha value is -2.07. The van der Waals surface area contributed by atoms with Gasteiger partial charge in [-0.25, -0.2) is 4.98 Å². The number of carbonyl (C=O) groups excluding carboxylic acids is 1. The topological polar surface area (TPSA) is 45.2 Å². The molecule has 22 heavy (non-hydrogen) atoms. The SMILES string of the molecule is O=C(Cc1ccccc1Cl)Nc1ccc(N2CCCC2)nc1. The van der Waals surface area contributed by atoms with Crippen LogP contribution in [0.15, 0.2) is 42.6 Å². The van der Waals surface area contributed by atoms with Gasteiger partial charge in [-0.05, 0) is 36.6 Å². The van der Waals surface area contributed by atoms with Gasteiger partial charge in [-0.1, -0.05) is 29.8 Å². The van der Waals surface area contributed by atoms with Crippen LogP contribution >= 0.6 is 11.6 Å². The smallest absolute Gasteiger partial charge is 0.228 e. The number of hydrogen-bond acceptors (Lipinski definition) is 3. The summed E-state index contributed by atoms with van der Waals surface area (Å²) in [5, 5.41) is 3.47. The maximum atomic E-state index is 12.1. The van der Waals surface area contributed by atoms with Gasteiger partial charge >= 0.3 is 0 Å². The quantitative estimate of drug-likeness (QED) is 0.939. The van der Waals surface area contributed by atoms with Crippen LogP contribution in [-0.2, 0) is 11.2 Å². The molecule has 1 amide bonds. The van der Waals surface area contributed by atoms with Crippen molar-refractivity contribution in [3.63, 3.8) is 0 Å². The number of halogens is 1. The van der Waals surface area contributed by atoms with Gasteiger partial charge in [0.1, 0.15) is 5.82 Å². The highest BCUT2D eigenvalue weighted by atomic mass is 35.5. The molecule has 1 fully saturated rings. The predicted molar refractivity (Wildman–Crippen MR) is 89.5 cm³/mol. The standard InChI is InChI=1S/C17H18ClN3O/c18-15-6-2-1-5-13(15)11-17(22)20-14-7-8-16(19-12-14)21-9-3-4-10-21/h1-2,5-8,12H,3-4,9-11H2,(H,20,22). The van der Waals surface area contributed by atoms with Crippen molar-refractivity contribution in [2.75, 3.05) is 23.3 Å². The minimum atomic E-state index is -0.0937. The average Bonchev–Trinajstić information content (AvgIpc) is 3.05. The van der Waals surface area contributed by atoms with Gasteiger partial charge < -0.3 is 10.2 Å². The first-order chi connectivity index (χ1) is 10.7. The highest BCUT2D eigenvalue weighted by Gasteiger charge is 2.13. The molecular weight excluding hydrogens is 298 g/mol. The first-order valence-electron chi connectivity index (χ1n) is 7.46. The van der Waals surface area contributed by atoms with E-state index in [4.69, 9.17) is 11.6 Å². The Morgan fingerprint density at radius 3 is 2.64 bits per heavy atom. The maximum Gasteiger partial charge on any atom is 0.228 e. The molecule has 3 rings (SSSR count). The van der Waals surface area contributed by atoms with E-state index in [1.165, 1.54) is 12.8 Å². The largest absolute Gasteiger partial charge is 0.357 e. The molecule has 4 nitrogen and oxygen atoms in total. The van der Waals surface area contributed by atoms with E-state index < -0.39 is 0 Å². The molecule has 1 aromatic heterocycles. The number of aromatic nitrogens is 1. The summed E-state index contributed by atoms with van der Waals surface area (Å²) in [6.45, 7) is 2.12. The number of hydrogen-bond donors (Lipinski definition) is 1. The van der Waals surface area contributed by atoms with Crippen LogP contribution in [0.25, 0.3) is 0 Å². The molecule has 0 bridgehead atoms. The zero-order chi connectivity index (χ0) is 15.4. The van der Waals surface area contributed by atoms with Gasteiger partial charge in [-0.15, -0.1) is 0 Å². The number of pyridine rings is 1. The highest BCUT2D eigenvalue weighted by molar-refractivity contribution is 6.31. The molecule has 0 unspecified atom stereocenters. The predicted octanol–water partition coefficient (Wildman–Crippen LogP) is 3.52. The number of benzene rings is 1. The van der Waals surface area contributed by atoms with Gasteiger partial charge in [0.05, 0.1) is 18.3 Å². The fourth-order valence-corrected chi connectivity index (χ4v) is 2.82. The summed E-state index contributed by atoms with van der Waals surface area (Å²) in [4.78, 5) is 18.8. The second kappa shape index (κ2) is 6.79. The Morgan fingerprint density at radius 2 is 1.95 bits per heavy atom. The van der Waals surface area contributed by atoms with Gasteiger partial charge in [0, 0.05) is 18.1 Å². The zero-order valence-electron chi connectivity index (χ0n) is 12.3. The van der Waals surface area contributed by atoms with Gasteiger partial charge in [-0.3, -0.25) is 4.79 Å². The molecule has 0 spiro atoms. The lowest BCUT2D eigenvalue weighted by Gasteiger charge is -2.16. The Bertz CT molecular complexity index is 651. The molecule has 114 valence electrons. The van der Waals surface area contributed by atoms with Crippen molar-refractivity contribution in [3.8, 4) is 0 Å². The van der Waals surface area contributed by atoms with Crippen molar-refractivity contribution < 1.29 is 4.79 Å². The minimum absolute atomic E-state index is 0.0937. The molecule has 1 aromatic carbocycles. The van der Waals surface area contributed by atoms with Crippen molar-refractivity contribution >= 4 is 29.0 Å². The van der Waals surface area contributed by atoms with E-state index in [1.54, 1.807) is 12.3 Å². The van der Waals surface area contributed by atoms with Crippen LogP contribution in [0.2, 0.25) is 5.02 Å². The molecule has 2 aromatic rings. The number of carbonyl (C=O) groups is 1. The number of nitrogens with zero attached hydrogens (tertiary/aromatic N) is 2. The van der Waals surface area contributed by atoms with Gasteiger partial charge in [-0.2, -0.15) is 0 Å². The fraction of sp³-hybridized carbons (Fsp3) is 0.294. The third kappa shape index (κ3) is 3.57. The lowest BCUT2D eigenvalue weighted by atomic mass is 10.1. The van der Waals surface area contributed by atoms with Crippen LogP contribution in [0.5, 0.6) is 0 Å². The lowest BCUT2D eigenvalue weighted by Crippen LogP contribution is -2.19. The van der Waals surface area contributed by atoms with Crippen LogP contribution in [-0.4, -0.2) is 24.0 Å². The second-order valence-electron chi connectivity index (χ2n) is 5.42. The Kier molecular flexibility index (Phi) is 4.59. The van der Waals surface area contributed by atoms with Crippen LogP contribution in [0, 0.1) is 0 Å². The molecule has 1 aliphatic heterocycles. The Labute approximate surface area is 135 Å². The fourth-order valence-electron chi connectivity index (χ4n) is 2.61. The molecule has 1 saturated heterocycles. The van der Waals surface area contributed by atoms with Gasteiger partial charge in [0.2, 0.25) is 5.91 Å². The Morgan fingerprint density at radius 1 is 1.18 bits per heavy atom. The van der Waals surface area contributed by atoms with E-state index in [0.717, 1.165) is 24.5 Å². The second-order valence-corrected chi connectivity index (χ2v) is 5.82. The third-order valence-corrected chi connectivity index (χ3v) is 4.14. The molecule has 1 aliphatic rings.